The highest BCUT2D eigenvalue weighted by molar-refractivity contribution is 5.95. The minimum atomic E-state index is -0.197. The Morgan fingerprint density at radius 3 is 2.74 bits per heavy atom. The Balaban J connectivity index is 1.10. The second-order valence-electron chi connectivity index (χ2n) is 7.44. The van der Waals surface area contributed by atoms with Crippen LogP contribution >= 0.6 is 0 Å². The second-order valence-corrected chi connectivity index (χ2v) is 7.44. The number of halogens is 1. The SMILES string of the molecule is O=C(NCC[C@@H]1[C@H]2CN(c3ccc(F)cc3)C[C@@H]12)c1cc2ccncc2o1. The number of carbonyl (C=O) groups excluding carboxylic acids is 1. The van der Waals surface area contributed by atoms with Gasteiger partial charge in [-0.1, -0.05) is 0 Å². The lowest BCUT2D eigenvalue weighted by Crippen LogP contribution is -2.27. The van der Waals surface area contributed by atoms with E-state index in [4.69, 9.17) is 4.42 Å². The zero-order chi connectivity index (χ0) is 18.4. The molecule has 1 aromatic carbocycles. The molecule has 5 nitrogen and oxygen atoms in total. The third-order valence-electron chi connectivity index (χ3n) is 5.87. The van der Waals surface area contributed by atoms with Crippen molar-refractivity contribution in [3.8, 4) is 0 Å². The molecule has 1 saturated heterocycles. The Hall–Kier alpha value is -2.89. The van der Waals surface area contributed by atoms with Gasteiger partial charge in [0.15, 0.2) is 11.3 Å². The molecule has 0 bridgehead atoms. The minimum absolute atomic E-state index is 0.176. The number of hydrogen-bond donors (Lipinski definition) is 1. The zero-order valence-corrected chi connectivity index (χ0v) is 14.8. The number of nitrogens with zero attached hydrogens (tertiary/aromatic N) is 2. The minimum Gasteiger partial charge on any atom is -0.449 e. The first-order valence-corrected chi connectivity index (χ1v) is 9.31. The number of carbonyl (C=O) groups is 1. The zero-order valence-electron chi connectivity index (χ0n) is 14.8. The predicted octanol–water partition coefficient (Wildman–Crippen LogP) is 3.47. The topological polar surface area (TPSA) is 58.4 Å². The second kappa shape index (κ2) is 6.37. The van der Waals surface area contributed by atoms with Crippen molar-refractivity contribution < 1.29 is 13.6 Å². The van der Waals surface area contributed by atoms with Gasteiger partial charge in [0, 0.05) is 36.9 Å². The van der Waals surface area contributed by atoms with Crippen molar-refractivity contribution in [1.82, 2.24) is 10.3 Å². The highest BCUT2D eigenvalue weighted by atomic mass is 19.1. The first-order chi connectivity index (χ1) is 13.2. The molecule has 3 heterocycles. The number of rotatable bonds is 5. The van der Waals surface area contributed by atoms with Crippen LogP contribution in [0.3, 0.4) is 0 Å². The molecule has 2 fully saturated rings. The molecule has 2 aromatic heterocycles. The maximum absolute atomic E-state index is 13.0. The van der Waals surface area contributed by atoms with Crippen LogP contribution in [0.1, 0.15) is 17.0 Å². The van der Waals surface area contributed by atoms with Crippen molar-refractivity contribution in [2.75, 3.05) is 24.5 Å². The van der Waals surface area contributed by atoms with Gasteiger partial charge < -0.3 is 14.6 Å². The van der Waals surface area contributed by atoms with E-state index < -0.39 is 0 Å². The molecule has 138 valence electrons. The first-order valence-electron chi connectivity index (χ1n) is 9.31. The Morgan fingerprint density at radius 2 is 2.00 bits per heavy atom. The highest BCUT2D eigenvalue weighted by Crippen LogP contribution is 2.54. The Morgan fingerprint density at radius 1 is 1.22 bits per heavy atom. The number of pyridine rings is 1. The van der Waals surface area contributed by atoms with Crippen LogP contribution in [0.15, 0.2) is 53.2 Å². The van der Waals surface area contributed by atoms with Gasteiger partial charge in [-0.15, -0.1) is 0 Å². The third-order valence-corrected chi connectivity index (χ3v) is 5.87. The van der Waals surface area contributed by atoms with Crippen molar-refractivity contribution in [2.45, 2.75) is 6.42 Å². The molecule has 0 unspecified atom stereocenters. The number of aromatic nitrogens is 1. The Kier molecular flexibility index (Phi) is 3.85. The van der Waals surface area contributed by atoms with Gasteiger partial charge in [0.05, 0.1) is 6.20 Å². The number of hydrogen-bond acceptors (Lipinski definition) is 4. The monoisotopic (exact) mass is 365 g/mol. The first kappa shape index (κ1) is 16.3. The summed E-state index contributed by atoms with van der Waals surface area (Å²) in [5.41, 5.74) is 1.72. The van der Waals surface area contributed by atoms with Crippen LogP contribution in [0, 0.1) is 23.6 Å². The quantitative estimate of drug-likeness (QED) is 0.752. The van der Waals surface area contributed by atoms with Crippen molar-refractivity contribution in [3.63, 3.8) is 0 Å². The molecule has 3 aromatic rings. The van der Waals surface area contributed by atoms with Gasteiger partial charge in [-0.2, -0.15) is 0 Å². The fourth-order valence-electron chi connectivity index (χ4n) is 4.38. The van der Waals surface area contributed by atoms with Crippen molar-refractivity contribution in [3.05, 3.63) is 60.4 Å². The molecular weight excluding hydrogens is 345 g/mol. The van der Waals surface area contributed by atoms with E-state index in [0.717, 1.165) is 30.6 Å². The van der Waals surface area contributed by atoms with Gasteiger partial charge in [0.25, 0.3) is 5.91 Å². The van der Waals surface area contributed by atoms with Gasteiger partial charge in [-0.3, -0.25) is 9.78 Å². The summed E-state index contributed by atoms with van der Waals surface area (Å²) >= 11 is 0. The number of nitrogens with one attached hydrogen (secondary N) is 1. The summed E-state index contributed by atoms with van der Waals surface area (Å²) in [6.45, 7) is 2.69. The van der Waals surface area contributed by atoms with Gasteiger partial charge in [-0.05, 0) is 60.6 Å². The van der Waals surface area contributed by atoms with Crippen LogP contribution in [0.25, 0.3) is 11.0 Å². The smallest absolute Gasteiger partial charge is 0.287 e. The molecule has 6 heteroatoms. The van der Waals surface area contributed by atoms with E-state index in [2.05, 4.69) is 15.2 Å². The third kappa shape index (κ3) is 3.05. The predicted molar refractivity (Wildman–Crippen MR) is 100 cm³/mol. The summed E-state index contributed by atoms with van der Waals surface area (Å²) in [5.74, 6) is 1.99. The van der Waals surface area contributed by atoms with E-state index in [1.54, 1.807) is 18.5 Å². The number of piperidine rings is 1. The van der Waals surface area contributed by atoms with Gasteiger partial charge in [0.1, 0.15) is 5.82 Å². The molecule has 0 spiro atoms. The number of fused-ring (bicyclic) bond motifs is 2. The lowest BCUT2D eigenvalue weighted by Gasteiger charge is -2.22. The average Bonchev–Trinajstić information content (AvgIpc) is 3.06. The molecule has 1 aliphatic carbocycles. The standard InChI is InChI=1S/C21H20FN3O2/c22-14-1-3-15(4-2-14)25-11-17-16(18(17)12-25)6-8-24-21(26)19-9-13-5-7-23-10-20(13)27-19/h1-5,7,9-10,16-18H,6,8,11-12H2,(H,24,26)/t16-,17-,18+. The number of amides is 1. The summed E-state index contributed by atoms with van der Waals surface area (Å²) < 4.78 is 18.6. The van der Waals surface area contributed by atoms with E-state index in [9.17, 15) is 9.18 Å². The average molecular weight is 365 g/mol. The normalized spacial score (nSPS) is 23.4. The van der Waals surface area contributed by atoms with Crippen molar-refractivity contribution >= 4 is 22.6 Å². The maximum atomic E-state index is 13.0. The van der Waals surface area contributed by atoms with Crippen LogP contribution in [-0.4, -0.2) is 30.5 Å². The van der Waals surface area contributed by atoms with Crippen molar-refractivity contribution in [2.24, 2.45) is 17.8 Å². The molecule has 0 radical (unpaired) electrons. The maximum Gasteiger partial charge on any atom is 0.287 e. The summed E-state index contributed by atoms with van der Waals surface area (Å²) in [5, 5.41) is 3.84. The van der Waals surface area contributed by atoms with Crippen LogP contribution in [0.5, 0.6) is 0 Å². The molecule has 2 aliphatic rings. The summed E-state index contributed by atoms with van der Waals surface area (Å²) in [6.07, 6.45) is 4.28. The lowest BCUT2D eigenvalue weighted by atomic mass is 10.2. The fourth-order valence-corrected chi connectivity index (χ4v) is 4.38. The Labute approximate surface area is 156 Å². The molecule has 1 N–H and O–H groups in total. The van der Waals surface area contributed by atoms with Crippen LogP contribution in [0.2, 0.25) is 0 Å². The van der Waals surface area contributed by atoms with E-state index in [1.165, 1.54) is 12.1 Å². The molecule has 27 heavy (non-hydrogen) atoms. The van der Waals surface area contributed by atoms with E-state index in [1.807, 2.05) is 18.2 Å². The number of anilines is 1. The van der Waals surface area contributed by atoms with Crippen LogP contribution in [-0.2, 0) is 0 Å². The Bertz CT molecular complexity index is 940. The number of benzene rings is 1. The lowest BCUT2D eigenvalue weighted by molar-refractivity contribution is 0.0926. The number of furan rings is 1. The van der Waals surface area contributed by atoms with Gasteiger partial charge in [-0.25, -0.2) is 4.39 Å². The molecular formula is C21H20FN3O2. The van der Waals surface area contributed by atoms with Crippen LogP contribution < -0.4 is 10.2 Å². The molecule has 3 atom stereocenters. The van der Waals surface area contributed by atoms with Crippen molar-refractivity contribution in [1.29, 1.82) is 0 Å². The summed E-state index contributed by atoms with van der Waals surface area (Å²) in [4.78, 5) is 18.6. The van der Waals surface area contributed by atoms with Gasteiger partial charge in [0.2, 0.25) is 0 Å². The summed E-state index contributed by atoms with van der Waals surface area (Å²) in [6, 6.07) is 10.3. The molecule has 1 aliphatic heterocycles. The molecule has 1 saturated carbocycles. The van der Waals surface area contributed by atoms with E-state index in [0.29, 0.717) is 35.6 Å². The largest absolute Gasteiger partial charge is 0.449 e. The fraction of sp³-hybridized carbons (Fsp3) is 0.333. The summed E-state index contributed by atoms with van der Waals surface area (Å²) in [7, 11) is 0. The molecule has 1 amide bonds. The van der Waals surface area contributed by atoms with E-state index >= 15 is 0 Å². The van der Waals surface area contributed by atoms with E-state index in [-0.39, 0.29) is 11.7 Å². The van der Waals surface area contributed by atoms with Crippen LogP contribution in [0.4, 0.5) is 10.1 Å². The highest BCUT2D eigenvalue weighted by Gasteiger charge is 2.54. The molecule has 5 rings (SSSR count). The van der Waals surface area contributed by atoms with Gasteiger partial charge >= 0.3 is 0 Å².